The fourth-order valence-electron chi connectivity index (χ4n) is 3.37. The van der Waals surface area contributed by atoms with Crippen molar-refractivity contribution in [2.24, 2.45) is 0 Å². The van der Waals surface area contributed by atoms with Crippen LogP contribution >= 0.6 is 0 Å². The Kier molecular flexibility index (Phi) is 7.09. The molecule has 0 aromatic heterocycles. The number of hydrogen-bond donors (Lipinski definition) is 0. The number of sulfonamides is 1. The first-order valence-electron chi connectivity index (χ1n) is 8.87. The highest BCUT2D eigenvalue weighted by molar-refractivity contribution is 7.88. The van der Waals surface area contributed by atoms with E-state index in [1.165, 1.54) is 35.4 Å². The smallest absolute Gasteiger partial charge is 0.223 e. The second kappa shape index (κ2) is 8.83. The number of amides is 1. The molecule has 1 aliphatic carbocycles. The maximum atomic E-state index is 12.2. The van der Waals surface area contributed by atoms with Gasteiger partial charge in [0.15, 0.2) is 0 Å². The zero-order chi connectivity index (χ0) is 16.7. The van der Waals surface area contributed by atoms with Crippen molar-refractivity contribution >= 4 is 15.9 Å². The highest BCUT2D eigenvalue weighted by Gasteiger charge is 2.21. The molecule has 132 valence electrons. The van der Waals surface area contributed by atoms with Crippen LogP contribution < -0.4 is 0 Å². The van der Waals surface area contributed by atoms with E-state index in [9.17, 15) is 13.2 Å². The molecule has 0 radical (unpaired) electrons. The van der Waals surface area contributed by atoms with Crippen LogP contribution in [0.25, 0.3) is 0 Å². The zero-order valence-corrected chi connectivity index (χ0v) is 15.1. The first kappa shape index (κ1) is 18.5. The molecule has 1 saturated heterocycles. The molecule has 23 heavy (non-hydrogen) atoms. The van der Waals surface area contributed by atoms with Gasteiger partial charge in [0.1, 0.15) is 0 Å². The maximum Gasteiger partial charge on any atom is 0.223 e. The SMILES string of the molecule is CS(=O)(=O)N(CCC(=O)N1CCCCC1)CCC1=CCCCC1. The summed E-state index contributed by atoms with van der Waals surface area (Å²) in [7, 11) is -3.26. The molecular formula is C17H30N2O3S. The number of allylic oxidation sites excluding steroid dienone is 1. The predicted molar refractivity (Wildman–Crippen MR) is 92.6 cm³/mol. The van der Waals surface area contributed by atoms with E-state index in [1.54, 1.807) is 0 Å². The van der Waals surface area contributed by atoms with E-state index >= 15 is 0 Å². The van der Waals surface area contributed by atoms with Crippen molar-refractivity contribution < 1.29 is 13.2 Å². The number of likely N-dealkylation sites (tertiary alicyclic amines) is 1. The standard InChI is InChI=1S/C17H30N2O3S/c1-23(21,22)19(14-10-16-8-4-2-5-9-16)15-11-17(20)18-12-6-3-7-13-18/h8H,2-7,9-15H2,1H3. The Hall–Kier alpha value is -0.880. The molecule has 1 aliphatic heterocycles. The van der Waals surface area contributed by atoms with Crippen LogP contribution in [-0.2, 0) is 14.8 Å². The van der Waals surface area contributed by atoms with Crippen molar-refractivity contribution in [3.63, 3.8) is 0 Å². The van der Waals surface area contributed by atoms with Crippen LogP contribution in [-0.4, -0.2) is 56.0 Å². The number of carbonyl (C=O) groups excluding carboxylic acids is 1. The molecule has 6 heteroatoms. The molecule has 5 nitrogen and oxygen atoms in total. The van der Waals surface area contributed by atoms with Gasteiger partial charge >= 0.3 is 0 Å². The van der Waals surface area contributed by atoms with Crippen LogP contribution in [0, 0.1) is 0 Å². The van der Waals surface area contributed by atoms with Crippen LogP contribution in [0.5, 0.6) is 0 Å². The largest absolute Gasteiger partial charge is 0.343 e. The molecule has 1 heterocycles. The molecule has 0 bridgehead atoms. The van der Waals surface area contributed by atoms with Crippen molar-refractivity contribution in [2.45, 2.75) is 57.8 Å². The molecule has 0 aromatic carbocycles. The number of rotatable bonds is 7. The summed E-state index contributed by atoms with van der Waals surface area (Å²) in [5, 5.41) is 0. The molecule has 0 atom stereocenters. The van der Waals surface area contributed by atoms with Gasteiger partial charge in [-0.3, -0.25) is 4.79 Å². The lowest BCUT2D eigenvalue weighted by Crippen LogP contribution is -2.39. The summed E-state index contributed by atoms with van der Waals surface area (Å²) in [6.07, 6.45) is 12.6. The maximum absolute atomic E-state index is 12.2. The van der Waals surface area contributed by atoms with Crippen LogP contribution in [0.3, 0.4) is 0 Å². The highest BCUT2D eigenvalue weighted by Crippen LogP contribution is 2.21. The van der Waals surface area contributed by atoms with Crippen LogP contribution in [0.1, 0.15) is 57.8 Å². The van der Waals surface area contributed by atoms with E-state index in [0.717, 1.165) is 45.2 Å². The fraction of sp³-hybridized carbons (Fsp3) is 0.824. The Morgan fingerprint density at radius 2 is 1.87 bits per heavy atom. The average molecular weight is 343 g/mol. The Bertz CT molecular complexity index is 522. The van der Waals surface area contributed by atoms with E-state index in [2.05, 4.69) is 6.08 Å². The topological polar surface area (TPSA) is 57.7 Å². The van der Waals surface area contributed by atoms with Gasteiger partial charge in [-0.15, -0.1) is 0 Å². The summed E-state index contributed by atoms with van der Waals surface area (Å²) in [6.45, 7) is 2.45. The number of piperidine rings is 1. The first-order valence-corrected chi connectivity index (χ1v) is 10.7. The van der Waals surface area contributed by atoms with E-state index in [0.29, 0.717) is 19.5 Å². The Labute approximate surface area is 140 Å². The Morgan fingerprint density at radius 1 is 1.13 bits per heavy atom. The first-order chi connectivity index (χ1) is 11.0. The van der Waals surface area contributed by atoms with Gasteiger partial charge in [-0.2, -0.15) is 0 Å². The summed E-state index contributed by atoms with van der Waals surface area (Å²) in [4.78, 5) is 14.1. The number of hydrogen-bond acceptors (Lipinski definition) is 3. The third kappa shape index (κ3) is 6.26. The lowest BCUT2D eigenvalue weighted by molar-refractivity contribution is -0.132. The molecule has 1 fully saturated rings. The van der Waals surface area contributed by atoms with Gasteiger partial charge < -0.3 is 4.90 Å². The van der Waals surface area contributed by atoms with Gasteiger partial charge in [-0.25, -0.2) is 12.7 Å². The van der Waals surface area contributed by atoms with Crippen molar-refractivity contribution in [2.75, 3.05) is 32.4 Å². The van der Waals surface area contributed by atoms with E-state index < -0.39 is 10.0 Å². The number of carbonyl (C=O) groups is 1. The molecule has 0 spiro atoms. The minimum atomic E-state index is -3.26. The summed E-state index contributed by atoms with van der Waals surface area (Å²) < 4.78 is 25.4. The second-order valence-electron chi connectivity index (χ2n) is 6.71. The molecule has 0 saturated carbocycles. The summed E-state index contributed by atoms with van der Waals surface area (Å²) in [6, 6.07) is 0. The third-order valence-electron chi connectivity index (χ3n) is 4.82. The van der Waals surface area contributed by atoms with E-state index in [4.69, 9.17) is 0 Å². The van der Waals surface area contributed by atoms with Crippen LogP contribution in [0.4, 0.5) is 0 Å². The van der Waals surface area contributed by atoms with Gasteiger partial charge in [-0.05, 0) is 51.4 Å². The molecule has 1 amide bonds. The minimum Gasteiger partial charge on any atom is -0.343 e. The van der Waals surface area contributed by atoms with Gasteiger partial charge in [0.2, 0.25) is 15.9 Å². The Morgan fingerprint density at radius 3 is 2.48 bits per heavy atom. The molecule has 0 N–H and O–H groups in total. The Balaban J connectivity index is 1.83. The summed E-state index contributed by atoms with van der Waals surface area (Å²) >= 11 is 0. The highest BCUT2D eigenvalue weighted by atomic mass is 32.2. The minimum absolute atomic E-state index is 0.0928. The lowest BCUT2D eigenvalue weighted by Gasteiger charge is -2.28. The summed E-state index contributed by atoms with van der Waals surface area (Å²) in [5.74, 6) is 0.0928. The quantitative estimate of drug-likeness (QED) is 0.668. The molecule has 2 aliphatic rings. The average Bonchev–Trinajstić information content (AvgIpc) is 2.55. The van der Waals surface area contributed by atoms with E-state index in [-0.39, 0.29) is 5.91 Å². The fourth-order valence-corrected chi connectivity index (χ4v) is 4.21. The van der Waals surface area contributed by atoms with Gasteiger partial charge in [0.05, 0.1) is 6.26 Å². The predicted octanol–water partition coefficient (Wildman–Crippen LogP) is 2.54. The molecule has 0 unspecified atom stereocenters. The van der Waals surface area contributed by atoms with Crippen molar-refractivity contribution in [1.29, 1.82) is 0 Å². The van der Waals surface area contributed by atoms with E-state index in [1.807, 2.05) is 4.90 Å². The summed E-state index contributed by atoms with van der Waals surface area (Å²) in [5.41, 5.74) is 1.37. The second-order valence-corrected chi connectivity index (χ2v) is 8.69. The van der Waals surface area contributed by atoms with Gasteiger partial charge in [0, 0.05) is 32.6 Å². The molecular weight excluding hydrogens is 312 g/mol. The zero-order valence-electron chi connectivity index (χ0n) is 14.3. The lowest BCUT2D eigenvalue weighted by atomic mass is 9.97. The molecule has 2 rings (SSSR count). The van der Waals surface area contributed by atoms with Crippen molar-refractivity contribution in [1.82, 2.24) is 9.21 Å². The monoisotopic (exact) mass is 342 g/mol. The van der Waals surface area contributed by atoms with Crippen LogP contribution in [0.2, 0.25) is 0 Å². The van der Waals surface area contributed by atoms with Crippen molar-refractivity contribution in [3.8, 4) is 0 Å². The normalized spacial score (nSPS) is 19.7. The van der Waals surface area contributed by atoms with Crippen LogP contribution in [0.15, 0.2) is 11.6 Å². The van der Waals surface area contributed by atoms with Crippen molar-refractivity contribution in [3.05, 3.63) is 11.6 Å². The third-order valence-corrected chi connectivity index (χ3v) is 6.12. The van der Waals surface area contributed by atoms with Gasteiger partial charge in [0.25, 0.3) is 0 Å². The number of nitrogens with zero attached hydrogens (tertiary/aromatic N) is 2. The molecule has 0 aromatic rings. The van der Waals surface area contributed by atoms with Gasteiger partial charge in [-0.1, -0.05) is 11.6 Å².